The molecule has 0 aliphatic heterocycles. The molecule has 2 heterocycles. The molecule has 0 saturated heterocycles. The van der Waals surface area contributed by atoms with Crippen LogP contribution in [-0.4, -0.2) is 40.7 Å². The number of sulfone groups is 1. The second kappa shape index (κ2) is 8.11. The zero-order valence-corrected chi connectivity index (χ0v) is 16.5. The third-order valence-corrected chi connectivity index (χ3v) is 6.47. The second-order valence-electron chi connectivity index (χ2n) is 6.11. The van der Waals surface area contributed by atoms with Crippen molar-refractivity contribution >= 4 is 21.2 Å². The van der Waals surface area contributed by atoms with Gasteiger partial charge in [0.05, 0.1) is 30.7 Å². The van der Waals surface area contributed by atoms with Gasteiger partial charge >= 0.3 is 0 Å². The van der Waals surface area contributed by atoms with Crippen molar-refractivity contribution in [3.05, 3.63) is 64.4 Å². The lowest BCUT2D eigenvalue weighted by Crippen LogP contribution is -2.21. The van der Waals surface area contributed by atoms with Crippen molar-refractivity contribution in [1.29, 1.82) is 0 Å². The van der Waals surface area contributed by atoms with Crippen LogP contribution < -0.4 is 0 Å². The number of rotatable bonds is 8. The summed E-state index contributed by atoms with van der Waals surface area (Å²) in [6, 6.07) is 9.84. The SMILES string of the molecule is CCS(=O)(=O)c1ncc(CN(C)Cc2nccs2)n1Cc1ccccc1. The normalized spacial score (nSPS) is 12.0. The van der Waals surface area contributed by atoms with E-state index in [9.17, 15) is 8.42 Å². The molecule has 0 N–H and O–H groups in total. The Morgan fingerprint density at radius 1 is 1.15 bits per heavy atom. The molecule has 0 aliphatic rings. The summed E-state index contributed by atoms with van der Waals surface area (Å²) in [4.78, 5) is 10.7. The summed E-state index contributed by atoms with van der Waals surface area (Å²) in [6.07, 6.45) is 3.46. The van der Waals surface area contributed by atoms with Crippen molar-refractivity contribution in [2.24, 2.45) is 0 Å². The first-order chi connectivity index (χ1) is 12.5. The molecular weight excluding hydrogens is 368 g/mol. The van der Waals surface area contributed by atoms with Gasteiger partial charge in [0, 0.05) is 18.1 Å². The minimum Gasteiger partial charge on any atom is -0.313 e. The van der Waals surface area contributed by atoms with Crippen LogP contribution in [0.5, 0.6) is 0 Å². The number of thiazole rings is 1. The highest BCUT2D eigenvalue weighted by Gasteiger charge is 2.22. The molecule has 0 unspecified atom stereocenters. The van der Waals surface area contributed by atoms with Crippen LogP contribution in [0.15, 0.2) is 53.3 Å². The molecule has 0 amide bonds. The number of hydrogen-bond donors (Lipinski definition) is 0. The Morgan fingerprint density at radius 2 is 1.92 bits per heavy atom. The Bertz CT molecular complexity index is 935. The van der Waals surface area contributed by atoms with Crippen molar-refractivity contribution in [1.82, 2.24) is 19.4 Å². The van der Waals surface area contributed by atoms with E-state index < -0.39 is 9.84 Å². The van der Waals surface area contributed by atoms with Gasteiger partial charge in [0.15, 0.2) is 0 Å². The Morgan fingerprint density at radius 3 is 2.58 bits per heavy atom. The smallest absolute Gasteiger partial charge is 0.228 e. The highest BCUT2D eigenvalue weighted by molar-refractivity contribution is 7.91. The van der Waals surface area contributed by atoms with E-state index in [4.69, 9.17) is 0 Å². The molecular formula is C18H22N4O2S2. The van der Waals surface area contributed by atoms with Gasteiger partial charge in [-0.05, 0) is 12.6 Å². The molecule has 26 heavy (non-hydrogen) atoms. The molecule has 0 spiro atoms. The maximum atomic E-state index is 12.5. The zero-order valence-electron chi connectivity index (χ0n) is 14.9. The van der Waals surface area contributed by atoms with Gasteiger partial charge in [0.25, 0.3) is 0 Å². The van der Waals surface area contributed by atoms with Crippen LogP contribution in [0.2, 0.25) is 0 Å². The molecule has 0 saturated carbocycles. The van der Waals surface area contributed by atoms with Gasteiger partial charge in [0.1, 0.15) is 5.01 Å². The van der Waals surface area contributed by atoms with Crippen molar-refractivity contribution in [2.75, 3.05) is 12.8 Å². The summed E-state index contributed by atoms with van der Waals surface area (Å²) in [5.41, 5.74) is 1.92. The molecule has 0 radical (unpaired) electrons. The predicted octanol–water partition coefficient (Wildman–Crippen LogP) is 2.81. The second-order valence-corrected chi connectivity index (χ2v) is 9.26. The monoisotopic (exact) mass is 390 g/mol. The number of imidazole rings is 1. The first kappa shape index (κ1) is 18.8. The molecule has 3 aromatic rings. The molecule has 0 bridgehead atoms. The fraction of sp³-hybridized carbons (Fsp3) is 0.333. The standard InChI is InChI=1S/C18H22N4O2S2/c1-3-26(23,24)18-20-11-16(13-21(2)14-17-19-9-10-25-17)22(18)12-15-7-5-4-6-8-15/h4-11H,3,12-14H2,1-2H3. The van der Waals surface area contributed by atoms with Gasteiger partial charge in [-0.1, -0.05) is 37.3 Å². The first-order valence-electron chi connectivity index (χ1n) is 8.37. The minimum atomic E-state index is -3.39. The Labute approximate surface area is 158 Å². The van der Waals surface area contributed by atoms with Crippen LogP contribution in [0.4, 0.5) is 0 Å². The summed E-state index contributed by atoms with van der Waals surface area (Å²) in [6.45, 7) is 3.43. The minimum absolute atomic E-state index is 0.0349. The summed E-state index contributed by atoms with van der Waals surface area (Å²) in [5.74, 6) is 0.0349. The lowest BCUT2D eigenvalue weighted by atomic mass is 10.2. The molecule has 6 nitrogen and oxygen atoms in total. The number of benzene rings is 1. The van der Waals surface area contributed by atoms with Crippen LogP contribution in [0.1, 0.15) is 23.2 Å². The molecule has 138 valence electrons. The number of aromatic nitrogens is 3. The molecule has 8 heteroatoms. The van der Waals surface area contributed by atoms with Crippen LogP contribution in [0.25, 0.3) is 0 Å². The fourth-order valence-corrected chi connectivity index (χ4v) is 4.41. The van der Waals surface area contributed by atoms with Crippen molar-refractivity contribution < 1.29 is 8.42 Å². The highest BCUT2D eigenvalue weighted by atomic mass is 32.2. The molecule has 0 aliphatic carbocycles. The molecule has 3 rings (SSSR count). The third-order valence-electron chi connectivity index (χ3n) is 4.06. The van der Waals surface area contributed by atoms with Gasteiger partial charge in [0.2, 0.25) is 15.0 Å². The van der Waals surface area contributed by atoms with Gasteiger partial charge in [-0.2, -0.15) is 0 Å². The van der Waals surface area contributed by atoms with Crippen molar-refractivity contribution in [3.63, 3.8) is 0 Å². The quantitative estimate of drug-likeness (QED) is 0.592. The van der Waals surface area contributed by atoms with Crippen LogP contribution >= 0.6 is 11.3 Å². The van der Waals surface area contributed by atoms with Crippen LogP contribution in [-0.2, 0) is 29.5 Å². The third kappa shape index (κ3) is 4.38. The average Bonchev–Trinajstić information content (AvgIpc) is 3.27. The van der Waals surface area contributed by atoms with Crippen LogP contribution in [0, 0.1) is 0 Å². The van der Waals surface area contributed by atoms with E-state index in [0.29, 0.717) is 19.6 Å². The largest absolute Gasteiger partial charge is 0.313 e. The number of nitrogens with zero attached hydrogens (tertiary/aromatic N) is 4. The van der Waals surface area contributed by atoms with Gasteiger partial charge < -0.3 is 4.57 Å². The first-order valence-corrected chi connectivity index (χ1v) is 10.9. The van der Waals surface area contributed by atoms with E-state index in [1.807, 2.05) is 47.3 Å². The van der Waals surface area contributed by atoms with E-state index in [0.717, 1.165) is 16.3 Å². The highest BCUT2D eigenvalue weighted by Crippen LogP contribution is 2.18. The lowest BCUT2D eigenvalue weighted by molar-refractivity contribution is 0.308. The van der Waals surface area contributed by atoms with E-state index in [-0.39, 0.29) is 10.9 Å². The van der Waals surface area contributed by atoms with E-state index in [1.165, 1.54) is 0 Å². The van der Waals surface area contributed by atoms with Gasteiger partial charge in [-0.25, -0.2) is 18.4 Å². The Hall–Kier alpha value is -2.03. The van der Waals surface area contributed by atoms with Gasteiger partial charge in [-0.3, -0.25) is 4.90 Å². The molecule has 2 aromatic heterocycles. The van der Waals surface area contributed by atoms with Crippen molar-refractivity contribution in [2.45, 2.75) is 31.7 Å². The maximum absolute atomic E-state index is 12.5. The van der Waals surface area contributed by atoms with Crippen LogP contribution in [0.3, 0.4) is 0 Å². The summed E-state index contributed by atoms with van der Waals surface area (Å²) in [5, 5.41) is 3.12. The summed E-state index contributed by atoms with van der Waals surface area (Å²) >= 11 is 1.61. The molecule has 0 fully saturated rings. The predicted molar refractivity (Wildman–Crippen MR) is 103 cm³/mol. The Balaban J connectivity index is 1.89. The lowest BCUT2D eigenvalue weighted by Gasteiger charge is -2.17. The van der Waals surface area contributed by atoms with E-state index >= 15 is 0 Å². The molecule has 1 aromatic carbocycles. The fourth-order valence-electron chi connectivity index (χ4n) is 2.73. The van der Waals surface area contributed by atoms with E-state index in [2.05, 4.69) is 14.9 Å². The van der Waals surface area contributed by atoms with E-state index in [1.54, 1.807) is 30.7 Å². The number of hydrogen-bond acceptors (Lipinski definition) is 6. The molecule has 0 atom stereocenters. The van der Waals surface area contributed by atoms with Gasteiger partial charge in [-0.15, -0.1) is 11.3 Å². The average molecular weight is 391 g/mol. The summed E-state index contributed by atoms with van der Waals surface area (Å²) < 4.78 is 26.7. The Kier molecular flexibility index (Phi) is 5.85. The maximum Gasteiger partial charge on any atom is 0.228 e. The topological polar surface area (TPSA) is 68.1 Å². The zero-order chi connectivity index (χ0) is 18.6. The summed E-state index contributed by atoms with van der Waals surface area (Å²) in [7, 11) is -1.40. The van der Waals surface area contributed by atoms with Crippen molar-refractivity contribution in [3.8, 4) is 0 Å².